The van der Waals surface area contributed by atoms with Gasteiger partial charge in [0.2, 0.25) is 0 Å². The van der Waals surface area contributed by atoms with Crippen molar-refractivity contribution in [2.45, 2.75) is 128 Å². The first kappa shape index (κ1) is 36.4. The van der Waals surface area contributed by atoms with Gasteiger partial charge in [-0.2, -0.15) is 0 Å². The molecule has 0 bridgehead atoms. The van der Waals surface area contributed by atoms with Gasteiger partial charge in [-0.3, -0.25) is 4.99 Å². The van der Waals surface area contributed by atoms with Gasteiger partial charge in [0.05, 0.1) is 11.5 Å². The number of ether oxygens (including phenoxy) is 1. The van der Waals surface area contributed by atoms with Gasteiger partial charge < -0.3 is 9.64 Å². The Hall–Kier alpha value is -2.81. The lowest BCUT2D eigenvalue weighted by Gasteiger charge is -2.28. The van der Waals surface area contributed by atoms with Crippen LogP contribution in [0, 0.1) is 18.8 Å². The predicted octanol–water partition coefficient (Wildman–Crippen LogP) is 12.0. The Kier molecular flexibility index (Phi) is 15.9. The zero-order valence-electron chi connectivity index (χ0n) is 29.6. The van der Waals surface area contributed by atoms with Crippen molar-refractivity contribution in [2.75, 3.05) is 13.1 Å². The summed E-state index contributed by atoms with van der Waals surface area (Å²) in [5, 5.41) is 0. The zero-order valence-corrected chi connectivity index (χ0v) is 29.6. The minimum absolute atomic E-state index is 0.339. The first-order valence-corrected chi connectivity index (χ1v) is 17.1. The van der Waals surface area contributed by atoms with Crippen LogP contribution in [0.1, 0.15) is 132 Å². The molecule has 0 aromatic heterocycles. The molecule has 0 spiro atoms. The Morgan fingerprint density at radius 3 is 2.30 bits per heavy atom. The van der Waals surface area contributed by atoms with Gasteiger partial charge in [0.25, 0.3) is 0 Å². The van der Waals surface area contributed by atoms with Crippen LogP contribution in [-0.4, -0.2) is 23.7 Å². The molecule has 238 valence electrons. The molecule has 0 saturated heterocycles. The molecule has 0 heterocycles. The third-order valence-electron chi connectivity index (χ3n) is 8.82. The molecule has 1 atom stereocenters. The van der Waals surface area contributed by atoms with E-state index in [0.717, 1.165) is 60.0 Å². The van der Waals surface area contributed by atoms with Crippen LogP contribution in [-0.2, 0) is 0 Å². The summed E-state index contributed by atoms with van der Waals surface area (Å²) in [6.45, 7) is 26.6. The quantitative estimate of drug-likeness (QED) is 0.0785. The molecule has 0 N–H and O–H groups in total. The smallest absolute Gasteiger partial charge is 0.130 e. The second kappa shape index (κ2) is 18.8. The summed E-state index contributed by atoms with van der Waals surface area (Å²) < 4.78 is 6.40. The summed E-state index contributed by atoms with van der Waals surface area (Å²) >= 11 is 0. The number of nitrogens with zero attached hydrogens (tertiary/aromatic N) is 2. The summed E-state index contributed by atoms with van der Waals surface area (Å²) in [5.74, 6) is 2.84. The fraction of sp³-hybridized carbons (Fsp3) is 0.575. The Morgan fingerprint density at radius 2 is 1.74 bits per heavy atom. The number of unbranched alkanes of at least 4 members (excludes halogenated alkanes) is 2. The van der Waals surface area contributed by atoms with E-state index in [9.17, 15) is 0 Å². The van der Waals surface area contributed by atoms with Crippen LogP contribution in [0.2, 0.25) is 0 Å². The Labute approximate surface area is 265 Å². The third kappa shape index (κ3) is 11.7. The predicted molar refractivity (Wildman–Crippen MR) is 191 cm³/mol. The molecule has 3 heteroatoms. The molecule has 0 amide bonds. The minimum Gasteiger partial charge on any atom is -0.462 e. The van der Waals surface area contributed by atoms with E-state index < -0.39 is 0 Å². The molecule has 0 aliphatic heterocycles. The van der Waals surface area contributed by atoms with Crippen LogP contribution in [0.15, 0.2) is 75.7 Å². The SMILES string of the molecule is C\C=C(/C=C\C(=N/C(=C\C(C)=C1CCC1)c1ccc(C)c(O/C(C)=C(\C)CC)c1)C(C)CC)N(CCCCC)CC(C)C. The van der Waals surface area contributed by atoms with Gasteiger partial charge in [-0.05, 0) is 126 Å². The molecule has 0 radical (unpaired) electrons. The van der Waals surface area contributed by atoms with E-state index in [0.29, 0.717) is 11.8 Å². The standard InChI is InChI=1S/C40H62N2O/c1-12-16-17-25-42(28-29(5)6)37(15-4)23-24-38(31(8)14-3)41-39(26-33(10)35-19-18-20-35)36-22-21-32(9)40(27-36)43-34(11)30(7)13-2/h15,21-24,26-27,29,31H,12-14,16-20,25,28H2,1-11H3/b24-23-,34-30+,37-15+,39-26-,41-38+. The summed E-state index contributed by atoms with van der Waals surface area (Å²) in [6, 6.07) is 6.56. The van der Waals surface area contributed by atoms with E-state index in [1.165, 1.54) is 55.4 Å². The van der Waals surface area contributed by atoms with Crippen molar-refractivity contribution in [3.05, 3.63) is 81.8 Å². The van der Waals surface area contributed by atoms with E-state index in [-0.39, 0.29) is 0 Å². The van der Waals surface area contributed by atoms with Gasteiger partial charge in [0, 0.05) is 30.1 Å². The van der Waals surface area contributed by atoms with E-state index in [1.54, 1.807) is 5.57 Å². The van der Waals surface area contributed by atoms with Crippen LogP contribution < -0.4 is 4.74 Å². The fourth-order valence-corrected chi connectivity index (χ4v) is 5.14. The van der Waals surface area contributed by atoms with Gasteiger partial charge in [0.1, 0.15) is 5.75 Å². The highest BCUT2D eigenvalue weighted by molar-refractivity contribution is 6.00. The van der Waals surface area contributed by atoms with Gasteiger partial charge in [0.15, 0.2) is 0 Å². The molecule has 1 aromatic rings. The number of hydrogen-bond acceptors (Lipinski definition) is 3. The van der Waals surface area contributed by atoms with Gasteiger partial charge in [-0.15, -0.1) is 0 Å². The summed E-state index contributed by atoms with van der Waals surface area (Å²) in [6.07, 6.45) is 18.6. The number of benzene rings is 1. The highest BCUT2D eigenvalue weighted by atomic mass is 16.5. The summed E-state index contributed by atoms with van der Waals surface area (Å²) in [7, 11) is 0. The van der Waals surface area contributed by atoms with Crippen LogP contribution >= 0.6 is 0 Å². The van der Waals surface area contributed by atoms with Crippen LogP contribution in [0.5, 0.6) is 5.75 Å². The van der Waals surface area contributed by atoms with E-state index >= 15 is 0 Å². The highest BCUT2D eigenvalue weighted by Gasteiger charge is 2.15. The van der Waals surface area contributed by atoms with Crippen LogP contribution in [0.25, 0.3) is 5.70 Å². The molecule has 43 heavy (non-hydrogen) atoms. The van der Waals surface area contributed by atoms with E-state index in [2.05, 4.69) is 124 Å². The maximum absolute atomic E-state index is 6.40. The van der Waals surface area contributed by atoms with Crippen molar-refractivity contribution in [3.63, 3.8) is 0 Å². The molecule has 3 nitrogen and oxygen atoms in total. The Morgan fingerprint density at radius 1 is 1.02 bits per heavy atom. The van der Waals surface area contributed by atoms with Crippen molar-refractivity contribution >= 4 is 11.4 Å². The second-order valence-corrected chi connectivity index (χ2v) is 12.9. The van der Waals surface area contributed by atoms with Crippen molar-refractivity contribution in [2.24, 2.45) is 16.8 Å². The number of allylic oxidation sites excluding steroid dienone is 8. The number of rotatable bonds is 17. The van der Waals surface area contributed by atoms with Crippen molar-refractivity contribution in [3.8, 4) is 5.75 Å². The normalized spacial score (nSPS) is 16.0. The van der Waals surface area contributed by atoms with Crippen LogP contribution in [0.4, 0.5) is 0 Å². The summed E-state index contributed by atoms with van der Waals surface area (Å²) in [4.78, 5) is 8.00. The van der Waals surface area contributed by atoms with E-state index in [4.69, 9.17) is 9.73 Å². The first-order chi connectivity index (χ1) is 20.5. The Balaban J connectivity index is 2.61. The second-order valence-electron chi connectivity index (χ2n) is 12.9. The maximum atomic E-state index is 6.40. The van der Waals surface area contributed by atoms with Crippen LogP contribution in [0.3, 0.4) is 0 Å². The molecule has 1 aliphatic carbocycles. The molecule has 1 unspecified atom stereocenters. The molecule has 1 aliphatic rings. The molecular formula is C40H62N2O. The highest BCUT2D eigenvalue weighted by Crippen LogP contribution is 2.33. The molecule has 1 aromatic carbocycles. The van der Waals surface area contributed by atoms with Crippen molar-refractivity contribution in [1.82, 2.24) is 4.90 Å². The third-order valence-corrected chi connectivity index (χ3v) is 8.82. The lowest BCUT2D eigenvalue weighted by molar-refractivity contribution is 0.305. The molecular weight excluding hydrogens is 524 g/mol. The molecule has 1 saturated carbocycles. The first-order valence-electron chi connectivity index (χ1n) is 17.1. The van der Waals surface area contributed by atoms with Crippen molar-refractivity contribution in [1.29, 1.82) is 0 Å². The lowest BCUT2D eigenvalue weighted by Crippen LogP contribution is -2.27. The number of hydrogen-bond donors (Lipinski definition) is 0. The minimum atomic E-state index is 0.339. The van der Waals surface area contributed by atoms with Gasteiger partial charge >= 0.3 is 0 Å². The van der Waals surface area contributed by atoms with Gasteiger partial charge in [-0.1, -0.05) is 78.2 Å². The van der Waals surface area contributed by atoms with E-state index in [1.807, 2.05) is 0 Å². The zero-order chi connectivity index (χ0) is 31.9. The van der Waals surface area contributed by atoms with Gasteiger partial charge in [-0.25, -0.2) is 0 Å². The average molecular weight is 587 g/mol. The monoisotopic (exact) mass is 586 g/mol. The fourth-order valence-electron chi connectivity index (χ4n) is 5.14. The lowest BCUT2D eigenvalue weighted by atomic mass is 9.88. The summed E-state index contributed by atoms with van der Waals surface area (Å²) in [5.41, 5.74) is 9.85. The topological polar surface area (TPSA) is 24.8 Å². The molecule has 2 rings (SSSR count). The number of aliphatic imine (C=N–C) groups is 1. The molecule has 1 fully saturated rings. The Bertz CT molecular complexity index is 1210. The average Bonchev–Trinajstić information content (AvgIpc) is 2.95. The maximum Gasteiger partial charge on any atom is 0.130 e. The largest absolute Gasteiger partial charge is 0.462 e. The number of aryl methyl sites for hydroxylation is 1. The van der Waals surface area contributed by atoms with Crippen molar-refractivity contribution < 1.29 is 4.74 Å².